The topological polar surface area (TPSA) is 54.5 Å². The lowest BCUT2D eigenvalue weighted by molar-refractivity contribution is -0.127. The summed E-state index contributed by atoms with van der Waals surface area (Å²) in [5.41, 5.74) is 0.539. The highest BCUT2D eigenvalue weighted by molar-refractivity contribution is 7.91. The Morgan fingerprint density at radius 1 is 1.30 bits per heavy atom. The van der Waals surface area contributed by atoms with Gasteiger partial charge in [0.15, 0.2) is 9.84 Å². The van der Waals surface area contributed by atoms with Crippen LogP contribution in [-0.2, 0) is 14.6 Å². The van der Waals surface area contributed by atoms with E-state index in [1.807, 2.05) is 19.1 Å². The van der Waals surface area contributed by atoms with Gasteiger partial charge in [0.05, 0.1) is 11.5 Å². The average molecular weight is 408 g/mol. The van der Waals surface area contributed by atoms with Crippen LogP contribution in [0.3, 0.4) is 0 Å². The van der Waals surface area contributed by atoms with E-state index in [1.54, 1.807) is 29.2 Å². The van der Waals surface area contributed by atoms with Crippen LogP contribution in [0.5, 0.6) is 0 Å². The van der Waals surface area contributed by atoms with Crippen LogP contribution < -0.4 is 0 Å². The molecule has 1 unspecified atom stereocenters. The molecule has 144 valence electrons. The minimum atomic E-state index is -3.04. The van der Waals surface area contributed by atoms with E-state index >= 15 is 0 Å². The van der Waals surface area contributed by atoms with Crippen molar-refractivity contribution in [2.75, 3.05) is 18.1 Å². The highest BCUT2D eigenvalue weighted by atomic mass is 32.2. The molecule has 0 radical (unpaired) electrons. The van der Waals surface area contributed by atoms with E-state index in [2.05, 4.69) is 0 Å². The zero-order valence-electron chi connectivity index (χ0n) is 15.1. The normalized spacial score (nSPS) is 18.8. The van der Waals surface area contributed by atoms with Gasteiger partial charge in [0.2, 0.25) is 5.91 Å². The van der Waals surface area contributed by atoms with E-state index < -0.39 is 9.84 Å². The molecule has 1 amide bonds. The van der Waals surface area contributed by atoms with Crippen molar-refractivity contribution in [3.63, 3.8) is 0 Å². The standard InChI is InChI=1S/C20H22FNO3S2/c1-2-12-22(15-11-13-27(24,25)14-15)20(23)10-8-16-7-9-19(26-16)17-5-3-4-6-18(17)21/h3-10,15H,2,11-14H2,1H3/b10-8+. The molecule has 0 N–H and O–H groups in total. The average Bonchev–Trinajstić information content (AvgIpc) is 3.24. The number of nitrogens with zero attached hydrogens (tertiary/aromatic N) is 1. The minimum Gasteiger partial charge on any atom is -0.335 e. The molecule has 2 aromatic rings. The lowest BCUT2D eigenvalue weighted by Gasteiger charge is -2.26. The Morgan fingerprint density at radius 2 is 2.07 bits per heavy atom. The summed E-state index contributed by atoms with van der Waals surface area (Å²) in [6.45, 7) is 2.50. The van der Waals surface area contributed by atoms with Crippen LogP contribution >= 0.6 is 11.3 Å². The number of sulfone groups is 1. The molecule has 1 aliphatic rings. The van der Waals surface area contributed by atoms with Crippen LogP contribution in [-0.4, -0.2) is 43.3 Å². The monoisotopic (exact) mass is 407 g/mol. The Balaban J connectivity index is 1.73. The summed E-state index contributed by atoms with van der Waals surface area (Å²) in [6, 6.07) is 10.0. The number of carbonyl (C=O) groups excluding carboxylic acids is 1. The first-order valence-corrected chi connectivity index (χ1v) is 11.6. The highest BCUT2D eigenvalue weighted by Gasteiger charge is 2.33. The molecule has 1 fully saturated rings. The maximum Gasteiger partial charge on any atom is 0.246 e. The number of rotatable bonds is 6. The lowest BCUT2D eigenvalue weighted by atomic mass is 10.2. The second kappa shape index (κ2) is 8.35. The largest absolute Gasteiger partial charge is 0.335 e. The SMILES string of the molecule is CCCN(C(=O)/C=C/c1ccc(-c2ccccc2F)s1)C1CCS(=O)(=O)C1. The third-order valence-corrected chi connectivity index (χ3v) is 7.39. The molecule has 1 aromatic carbocycles. The second-order valence-electron chi connectivity index (χ2n) is 6.60. The Kier molecular flexibility index (Phi) is 6.11. The molecule has 0 saturated carbocycles. The van der Waals surface area contributed by atoms with Gasteiger partial charge in [-0.05, 0) is 37.1 Å². The van der Waals surface area contributed by atoms with Crippen LogP contribution in [0.25, 0.3) is 16.5 Å². The van der Waals surface area contributed by atoms with Crippen molar-refractivity contribution in [2.45, 2.75) is 25.8 Å². The van der Waals surface area contributed by atoms with E-state index in [1.165, 1.54) is 23.5 Å². The van der Waals surface area contributed by atoms with Gasteiger partial charge in [-0.25, -0.2) is 12.8 Å². The summed E-state index contributed by atoms with van der Waals surface area (Å²) in [4.78, 5) is 15.9. The minimum absolute atomic E-state index is 0.0447. The summed E-state index contributed by atoms with van der Waals surface area (Å²) in [7, 11) is -3.04. The number of thiophene rings is 1. The molecule has 1 atom stereocenters. The van der Waals surface area contributed by atoms with Crippen molar-refractivity contribution >= 4 is 33.2 Å². The number of halogens is 1. The number of benzene rings is 1. The predicted octanol–water partition coefficient (Wildman–Crippen LogP) is 3.99. The summed E-state index contributed by atoms with van der Waals surface area (Å²) in [5, 5.41) is 0. The smallest absolute Gasteiger partial charge is 0.246 e. The molecule has 1 aromatic heterocycles. The second-order valence-corrected chi connectivity index (χ2v) is 9.95. The molecule has 1 saturated heterocycles. The van der Waals surface area contributed by atoms with Crippen LogP contribution in [0.1, 0.15) is 24.6 Å². The van der Waals surface area contributed by atoms with E-state index in [0.29, 0.717) is 18.5 Å². The van der Waals surface area contributed by atoms with Gasteiger partial charge in [0.1, 0.15) is 5.82 Å². The van der Waals surface area contributed by atoms with E-state index in [4.69, 9.17) is 0 Å². The van der Waals surface area contributed by atoms with Gasteiger partial charge in [0.25, 0.3) is 0 Å². The summed E-state index contributed by atoms with van der Waals surface area (Å²) >= 11 is 1.41. The fourth-order valence-electron chi connectivity index (χ4n) is 3.23. The van der Waals surface area contributed by atoms with E-state index in [-0.39, 0.29) is 29.3 Å². The number of carbonyl (C=O) groups is 1. The van der Waals surface area contributed by atoms with Gasteiger partial charge in [-0.1, -0.05) is 25.1 Å². The first-order chi connectivity index (χ1) is 12.9. The van der Waals surface area contributed by atoms with Crippen LogP contribution in [0.4, 0.5) is 4.39 Å². The molecule has 27 heavy (non-hydrogen) atoms. The van der Waals surface area contributed by atoms with E-state index in [0.717, 1.165) is 16.2 Å². The quantitative estimate of drug-likeness (QED) is 0.681. The summed E-state index contributed by atoms with van der Waals surface area (Å²) in [6.07, 6.45) is 4.46. The van der Waals surface area contributed by atoms with Gasteiger partial charge in [-0.2, -0.15) is 0 Å². The van der Waals surface area contributed by atoms with Crippen molar-refractivity contribution in [2.24, 2.45) is 0 Å². The molecular formula is C20H22FNO3S2. The molecule has 1 aliphatic heterocycles. The Labute approximate surface area is 163 Å². The van der Waals surface area contributed by atoms with Crippen molar-refractivity contribution < 1.29 is 17.6 Å². The Hall–Kier alpha value is -1.99. The van der Waals surface area contributed by atoms with Gasteiger partial charge >= 0.3 is 0 Å². The van der Waals surface area contributed by atoms with Gasteiger partial charge in [-0.15, -0.1) is 11.3 Å². The molecule has 0 bridgehead atoms. The van der Waals surface area contributed by atoms with Crippen molar-refractivity contribution in [1.29, 1.82) is 0 Å². The maximum atomic E-state index is 13.9. The Morgan fingerprint density at radius 3 is 2.74 bits per heavy atom. The number of hydrogen-bond donors (Lipinski definition) is 0. The third kappa shape index (κ3) is 4.84. The maximum absolute atomic E-state index is 13.9. The first-order valence-electron chi connectivity index (χ1n) is 8.93. The first kappa shape index (κ1) is 19.8. The number of hydrogen-bond acceptors (Lipinski definition) is 4. The fourth-order valence-corrected chi connectivity index (χ4v) is 5.90. The predicted molar refractivity (Wildman–Crippen MR) is 108 cm³/mol. The molecule has 3 rings (SSSR count). The third-order valence-electron chi connectivity index (χ3n) is 4.55. The fraction of sp³-hybridized carbons (Fsp3) is 0.350. The van der Waals surface area contributed by atoms with Crippen LogP contribution in [0.2, 0.25) is 0 Å². The lowest BCUT2D eigenvalue weighted by Crippen LogP contribution is -2.40. The van der Waals surface area contributed by atoms with Gasteiger partial charge in [-0.3, -0.25) is 4.79 Å². The highest BCUT2D eigenvalue weighted by Crippen LogP contribution is 2.30. The van der Waals surface area contributed by atoms with Crippen molar-refractivity contribution in [1.82, 2.24) is 4.90 Å². The Bertz CT molecular complexity index is 950. The molecule has 0 spiro atoms. The molecule has 4 nitrogen and oxygen atoms in total. The molecule has 2 heterocycles. The van der Waals surface area contributed by atoms with Crippen LogP contribution in [0.15, 0.2) is 42.5 Å². The molecule has 7 heteroatoms. The molecule has 0 aliphatic carbocycles. The summed E-state index contributed by atoms with van der Waals surface area (Å²) in [5.74, 6) is -0.267. The van der Waals surface area contributed by atoms with Gasteiger partial charge < -0.3 is 4.90 Å². The van der Waals surface area contributed by atoms with Gasteiger partial charge in [0, 0.05) is 34.0 Å². The number of amides is 1. The zero-order chi connectivity index (χ0) is 19.4. The van der Waals surface area contributed by atoms with E-state index in [9.17, 15) is 17.6 Å². The summed E-state index contributed by atoms with van der Waals surface area (Å²) < 4.78 is 37.4. The van der Waals surface area contributed by atoms with Crippen molar-refractivity contribution in [3.05, 3.63) is 53.2 Å². The van der Waals surface area contributed by atoms with Crippen molar-refractivity contribution in [3.8, 4) is 10.4 Å². The molecular weight excluding hydrogens is 385 g/mol. The zero-order valence-corrected chi connectivity index (χ0v) is 16.7. The van der Waals surface area contributed by atoms with Crippen LogP contribution in [0, 0.1) is 5.82 Å².